The highest BCUT2D eigenvalue weighted by Gasteiger charge is 2.36. The van der Waals surface area contributed by atoms with Gasteiger partial charge < -0.3 is 20.8 Å². The number of rotatable bonds is 9. The Balaban J connectivity index is 1.58. The Morgan fingerprint density at radius 2 is 1.67 bits per heavy atom. The van der Waals surface area contributed by atoms with E-state index in [0.717, 1.165) is 45.7 Å². The zero-order valence-corrected chi connectivity index (χ0v) is 23.7. The minimum Gasteiger partial charge on any atom is -0.416 e. The lowest BCUT2D eigenvalue weighted by atomic mass is 9.95. The minimum atomic E-state index is -1.72. The van der Waals surface area contributed by atoms with E-state index in [1.165, 1.54) is 0 Å². The van der Waals surface area contributed by atoms with Gasteiger partial charge in [0.2, 0.25) is 0 Å². The van der Waals surface area contributed by atoms with Crippen LogP contribution in [0.15, 0.2) is 54.7 Å². The predicted molar refractivity (Wildman–Crippen MR) is 153 cm³/mol. The average molecular weight is 505 g/mol. The normalized spacial score (nSPS) is 12.0. The highest BCUT2D eigenvalue weighted by atomic mass is 28.4. The molecule has 2 aromatic carbocycles. The molecule has 0 saturated heterocycles. The zero-order valence-electron chi connectivity index (χ0n) is 22.7. The van der Waals surface area contributed by atoms with Crippen LogP contribution in [0.4, 0.5) is 11.4 Å². The molecular formula is C29H40N4O2Si. The van der Waals surface area contributed by atoms with Gasteiger partial charge in [0, 0.05) is 37.3 Å². The maximum absolute atomic E-state index is 12.9. The molecule has 0 radical (unpaired) electrons. The van der Waals surface area contributed by atoms with Crippen LogP contribution in [0.2, 0.25) is 18.1 Å². The number of carbonyl (C=O) groups is 1. The van der Waals surface area contributed by atoms with Crippen molar-refractivity contribution >= 4 is 25.6 Å². The van der Waals surface area contributed by atoms with Crippen LogP contribution < -0.4 is 16.4 Å². The second-order valence-corrected chi connectivity index (χ2v) is 15.6. The number of amides is 1. The Kier molecular flexibility index (Phi) is 8.71. The maximum atomic E-state index is 12.9. The summed E-state index contributed by atoms with van der Waals surface area (Å²) in [6.45, 7) is 17.4. The van der Waals surface area contributed by atoms with Gasteiger partial charge in [-0.3, -0.25) is 9.78 Å². The summed E-state index contributed by atoms with van der Waals surface area (Å²) in [7, 11) is -1.72. The molecule has 1 aromatic heterocycles. The van der Waals surface area contributed by atoms with Crippen molar-refractivity contribution in [3.05, 3.63) is 77.1 Å². The smallest absolute Gasteiger partial charge is 0.274 e. The van der Waals surface area contributed by atoms with E-state index in [1.807, 2.05) is 56.3 Å². The van der Waals surface area contributed by atoms with Crippen molar-refractivity contribution in [1.82, 2.24) is 10.3 Å². The van der Waals surface area contributed by atoms with Gasteiger partial charge in [0.15, 0.2) is 8.32 Å². The largest absolute Gasteiger partial charge is 0.416 e. The molecule has 4 N–H and O–H groups in total. The Hall–Kier alpha value is -3.00. The Labute approximate surface area is 216 Å². The number of nitrogens with zero attached hydrogens (tertiary/aromatic N) is 1. The van der Waals surface area contributed by atoms with Gasteiger partial charge in [0.1, 0.15) is 5.69 Å². The van der Waals surface area contributed by atoms with Crippen LogP contribution >= 0.6 is 0 Å². The molecule has 0 unspecified atom stereocenters. The fourth-order valence-electron chi connectivity index (χ4n) is 3.69. The molecule has 3 aromatic rings. The van der Waals surface area contributed by atoms with Gasteiger partial charge in [0.25, 0.3) is 5.91 Å². The molecule has 0 spiro atoms. The fraction of sp³-hybridized carbons (Fsp3) is 0.379. The maximum Gasteiger partial charge on any atom is 0.274 e. The molecule has 0 saturated carbocycles. The number of carbonyl (C=O) groups excluding carboxylic acids is 1. The average Bonchev–Trinajstić information content (AvgIpc) is 2.82. The van der Waals surface area contributed by atoms with Gasteiger partial charge >= 0.3 is 0 Å². The minimum absolute atomic E-state index is 0.210. The van der Waals surface area contributed by atoms with Crippen molar-refractivity contribution in [2.24, 2.45) is 0 Å². The van der Waals surface area contributed by atoms with Crippen molar-refractivity contribution in [3.63, 3.8) is 0 Å². The summed E-state index contributed by atoms with van der Waals surface area (Å²) in [6, 6.07) is 15.5. The first-order valence-corrected chi connectivity index (χ1v) is 15.4. The molecule has 0 aliphatic carbocycles. The molecule has 7 heteroatoms. The van der Waals surface area contributed by atoms with Gasteiger partial charge in [-0.05, 0) is 78.0 Å². The summed E-state index contributed by atoms with van der Waals surface area (Å²) >= 11 is 0. The number of pyridine rings is 1. The van der Waals surface area contributed by atoms with Crippen molar-refractivity contribution in [3.8, 4) is 11.1 Å². The van der Waals surface area contributed by atoms with E-state index >= 15 is 0 Å². The van der Waals surface area contributed by atoms with Crippen LogP contribution in [0.25, 0.3) is 11.1 Å². The highest BCUT2D eigenvalue weighted by molar-refractivity contribution is 6.74. The fourth-order valence-corrected chi connectivity index (χ4v) is 4.73. The molecule has 0 atom stereocenters. The van der Waals surface area contributed by atoms with E-state index in [2.05, 4.69) is 49.5 Å². The molecule has 192 valence electrons. The van der Waals surface area contributed by atoms with Crippen LogP contribution in [-0.4, -0.2) is 32.4 Å². The summed E-state index contributed by atoms with van der Waals surface area (Å²) in [5.74, 6) is -0.234. The second kappa shape index (κ2) is 11.4. The lowest BCUT2D eigenvalue weighted by molar-refractivity contribution is 0.102. The molecule has 0 aliphatic rings. The van der Waals surface area contributed by atoms with E-state index in [1.54, 1.807) is 12.3 Å². The molecule has 36 heavy (non-hydrogen) atoms. The molecule has 0 bridgehead atoms. The standard InChI is InChI=1S/C29H40N4O2Si/c1-20-23(10-8-12-25(20)30)24-11-9-13-26(21(24)2)33-28(34)27-15-14-22(19-32-27)18-31-16-17-35-36(6,7)29(3,4)5/h8-15,19,31H,16-18,30H2,1-7H3,(H,33,34). The lowest BCUT2D eigenvalue weighted by Crippen LogP contribution is -2.42. The summed E-state index contributed by atoms with van der Waals surface area (Å²) in [6.07, 6.45) is 1.75. The first-order chi connectivity index (χ1) is 16.9. The third kappa shape index (κ3) is 6.60. The number of nitrogen functional groups attached to an aromatic ring is 1. The number of aromatic nitrogens is 1. The zero-order chi connectivity index (χ0) is 26.5. The van der Waals surface area contributed by atoms with E-state index in [-0.39, 0.29) is 10.9 Å². The molecule has 1 heterocycles. The van der Waals surface area contributed by atoms with Gasteiger partial charge in [-0.15, -0.1) is 0 Å². The van der Waals surface area contributed by atoms with Crippen molar-refractivity contribution in [2.45, 2.75) is 59.3 Å². The van der Waals surface area contributed by atoms with Gasteiger partial charge in [-0.25, -0.2) is 0 Å². The number of nitrogens with two attached hydrogens (primary N) is 1. The van der Waals surface area contributed by atoms with Gasteiger partial charge in [0.05, 0.1) is 0 Å². The third-order valence-corrected chi connectivity index (χ3v) is 11.7. The molecule has 1 amide bonds. The summed E-state index contributed by atoms with van der Waals surface area (Å²) in [4.78, 5) is 17.3. The predicted octanol–water partition coefficient (Wildman–Crippen LogP) is 6.31. The molecule has 0 fully saturated rings. The van der Waals surface area contributed by atoms with Crippen LogP contribution in [0, 0.1) is 13.8 Å². The van der Waals surface area contributed by atoms with E-state index in [9.17, 15) is 4.79 Å². The Bertz CT molecular complexity index is 1200. The summed E-state index contributed by atoms with van der Waals surface area (Å²) in [5.41, 5.74) is 13.1. The molecular weight excluding hydrogens is 464 g/mol. The second-order valence-electron chi connectivity index (χ2n) is 10.8. The molecule has 3 rings (SSSR count). The first-order valence-electron chi connectivity index (χ1n) is 12.5. The molecule has 6 nitrogen and oxygen atoms in total. The van der Waals surface area contributed by atoms with Crippen molar-refractivity contribution < 1.29 is 9.22 Å². The van der Waals surface area contributed by atoms with E-state index in [0.29, 0.717) is 18.8 Å². The number of hydrogen-bond donors (Lipinski definition) is 3. The van der Waals surface area contributed by atoms with Gasteiger partial charge in [-0.2, -0.15) is 0 Å². The Morgan fingerprint density at radius 3 is 2.31 bits per heavy atom. The van der Waals surface area contributed by atoms with Crippen molar-refractivity contribution in [2.75, 3.05) is 24.2 Å². The monoisotopic (exact) mass is 504 g/mol. The van der Waals surface area contributed by atoms with Crippen LogP contribution in [0.3, 0.4) is 0 Å². The number of benzene rings is 2. The highest BCUT2D eigenvalue weighted by Crippen LogP contribution is 2.36. The van der Waals surface area contributed by atoms with E-state index in [4.69, 9.17) is 10.2 Å². The summed E-state index contributed by atoms with van der Waals surface area (Å²) < 4.78 is 6.20. The lowest BCUT2D eigenvalue weighted by Gasteiger charge is -2.36. The Morgan fingerprint density at radius 1 is 1.00 bits per heavy atom. The van der Waals surface area contributed by atoms with Gasteiger partial charge in [-0.1, -0.05) is 51.1 Å². The number of anilines is 2. The van der Waals surface area contributed by atoms with Crippen LogP contribution in [0.5, 0.6) is 0 Å². The van der Waals surface area contributed by atoms with Crippen LogP contribution in [-0.2, 0) is 11.0 Å². The first kappa shape index (κ1) is 27.6. The number of hydrogen-bond acceptors (Lipinski definition) is 5. The number of nitrogens with one attached hydrogen (secondary N) is 2. The quantitative estimate of drug-likeness (QED) is 0.180. The molecule has 0 aliphatic heterocycles. The van der Waals surface area contributed by atoms with E-state index < -0.39 is 8.32 Å². The summed E-state index contributed by atoms with van der Waals surface area (Å²) in [5, 5.41) is 6.62. The SMILES string of the molecule is Cc1c(N)cccc1-c1cccc(NC(=O)c2ccc(CNCCO[Si](C)(C)C(C)(C)C)cn2)c1C. The topological polar surface area (TPSA) is 89.3 Å². The van der Waals surface area contributed by atoms with Crippen LogP contribution in [0.1, 0.15) is 48.0 Å². The third-order valence-electron chi connectivity index (χ3n) is 7.18. The van der Waals surface area contributed by atoms with Crippen molar-refractivity contribution in [1.29, 1.82) is 0 Å².